The Kier molecular flexibility index (Phi) is 8.12. The molecule has 0 atom stereocenters. The molecule has 21 heavy (non-hydrogen) atoms. The van der Waals surface area contributed by atoms with Gasteiger partial charge in [0, 0.05) is 12.2 Å². The van der Waals surface area contributed by atoms with Gasteiger partial charge in [-0.2, -0.15) is 0 Å². The van der Waals surface area contributed by atoms with Crippen LogP contribution in [0.2, 0.25) is 0 Å². The zero-order valence-corrected chi connectivity index (χ0v) is 12.5. The molecule has 116 valence electrons. The van der Waals surface area contributed by atoms with E-state index in [1.165, 1.54) is 0 Å². The van der Waals surface area contributed by atoms with Gasteiger partial charge in [0.1, 0.15) is 0 Å². The van der Waals surface area contributed by atoms with E-state index in [4.69, 9.17) is 5.11 Å². The molecule has 0 aromatic heterocycles. The predicted molar refractivity (Wildman–Crippen MR) is 83.3 cm³/mol. The normalized spacial score (nSPS) is 10.6. The zero-order valence-electron chi connectivity index (χ0n) is 12.5. The maximum Gasteiger partial charge on any atom is 0.304 e. The number of carboxylic acids is 1. The number of aliphatic carboxylic acids is 1. The van der Waals surface area contributed by atoms with Crippen LogP contribution < -0.4 is 5.32 Å². The molecule has 0 bridgehead atoms. The molecule has 0 radical (unpaired) electrons. The molecule has 0 aliphatic rings. The largest absolute Gasteiger partial charge is 0.481 e. The molecule has 0 spiro atoms. The monoisotopic (exact) mass is 292 g/mol. The first kappa shape index (κ1) is 17.2. The topological polar surface area (TPSA) is 69.6 Å². The fourth-order valence-corrected chi connectivity index (χ4v) is 2.03. The summed E-state index contributed by atoms with van der Waals surface area (Å²) in [5, 5.41) is 11.6. The van der Waals surface area contributed by atoms with Gasteiger partial charge in [0.25, 0.3) is 0 Å². The van der Waals surface area contributed by atoms with Gasteiger partial charge >= 0.3 is 5.97 Å². The van der Waals surface area contributed by atoms with Crippen molar-refractivity contribution in [2.75, 3.05) is 25.0 Å². The summed E-state index contributed by atoms with van der Waals surface area (Å²) in [6.07, 6.45) is 3.23. The number of rotatable bonds is 10. The minimum absolute atomic E-state index is 0.0603. The number of benzene rings is 1. The highest BCUT2D eigenvalue weighted by atomic mass is 16.4. The van der Waals surface area contributed by atoms with E-state index in [2.05, 4.69) is 12.2 Å². The Morgan fingerprint density at radius 1 is 1.14 bits per heavy atom. The van der Waals surface area contributed by atoms with Gasteiger partial charge in [-0.25, -0.2) is 0 Å². The van der Waals surface area contributed by atoms with Crippen LogP contribution in [-0.4, -0.2) is 41.5 Å². The molecule has 1 amide bonds. The van der Waals surface area contributed by atoms with Crippen LogP contribution in [-0.2, 0) is 9.59 Å². The van der Waals surface area contributed by atoms with E-state index in [1.807, 2.05) is 35.2 Å². The lowest BCUT2D eigenvalue weighted by atomic mass is 10.2. The number of hydrogen-bond acceptors (Lipinski definition) is 3. The molecule has 1 aromatic carbocycles. The van der Waals surface area contributed by atoms with Gasteiger partial charge in [-0.15, -0.1) is 0 Å². The van der Waals surface area contributed by atoms with E-state index in [0.717, 1.165) is 31.5 Å². The maximum absolute atomic E-state index is 12.0. The summed E-state index contributed by atoms with van der Waals surface area (Å²) < 4.78 is 0. The van der Waals surface area contributed by atoms with Gasteiger partial charge in [0.15, 0.2) is 0 Å². The molecular formula is C16H24N2O3. The molecule has 0 aliphatic heterocycles. The standard InChI is InChI=1S/C16H24N2O3/c1-2-3-7-11-18(12-10-16(20)21)13-15(19)17-14-8-5-4-6-9-14/h4-6,8-9H,2-3,7,10-13H2,1H3,(H,17,19)(H,20,21). The van der Waals surface area contributed by atoms with Gasteiger partial charge in [-0.05, 0) is 25.1 Å². The van der Waals surface area contributed by atoms with Crippen LogP contribution in [0.5, 0.6) is 0 Å². The van der Waals surface area contributed by atoms with E-state index >= 15 is 0 Å². The first-order chi connectivity index (χ1) is 10.1. The second-order valence-corrected chi connectivity index (χ2v) is 5.04. The molecule has 1 rings (SSSR count). The van der Waals surface area contributed by atoms with E-state index in [-0.39, 0.29) is 18.9 Å². The second kappa shape index (κ2) is 9.94. The summed E-state index contributed by atoms with van der Waals surface area (Å²) in [4.78, 5) is 24.6. The van der Waals surface area contributed by atoms with Crippen LogP contribution in [0.1, 0.15) is 32.6 Å². The molecule has 0 heterocycles. The van der Waals surface area contributed by atoms with Gasteiger partial charge in [-0.1, -0.05) is 38.0 Å². The van der Waals surface area contributed by atoms with Crippen molar-refractivity contribution in [2.24, 2.45) is 0 Å². The number of nitrogens with zero attached hydrogens (tertiary/aromatic N) is 1. The smallest absolute Gasteiger partial charge is 0.304 e. The minimum atomic E-state index is -0.834. The molecular weight excluding hydrogens is 268 g/mol. The minimum Gasteiger partial charge on any atom is -0.481 e. The molecule has 1 aromatic rings. The van der Waals surface area contributed by atoms with Crippen molar-refractivity contribution in [3.05, 3.63) is 30.3 Å². The van der Waals surface area contributed by atoms with Crippen LogP contribution in [0.3, 0.4) is 0 Å². The molecule has 0 fully saturated rings. The van der Waals surface area contributed by atoms with Crippen LogP contribution in [0, 0.1) is 0 Å². The Labute approximate surface area is 126 Å². The van der Waals surface area contributed by atoms with Crippen molar-refractivity contribution in [1.82, 2.24) is 4.90 Å². The summed E-state index contributed by atoms with van der Waals surface area (Å²) in [6, 6.07) is 9.27. The molecule has 0 aliphatic carbocycles. The summed E-state index contributed by atoms with van der Waals surface area (Å²) in [5.74, 6) is -0.943. The number of anilines is 1. The maximum atomic E-state index is 12.0. The summed E-state index contributed by atoms with van der Waals surface area (Å²) >= 11 is 0. The number of carboxylic acid groups (broad SMARTS) is 1. The lowest BCUT2D eigenvalue weighted by molar-refractivity contribution is -0.137. The first-order valence-corrected chi connectivity index (χ1v) is 7.41. The van der Waals surface area contributed by atoms with Crippen LogP contribution >= 0.6 is 0 Å². The van der Waals surface area contributed by atoms with Crippen molar-refractivity contribution in [1.29, 1.82) is 0 Å². The average Bonchev–Trinajstić information content (AvgIpc) is 2.45. The van der Waals surface area contributed by atoms with E-state index in [0.29, 0.717) is 6.54 Å². The van der Waals surface area contributed by atoms with Crippen molar-refractivity contribution < 1.29 is 14.7 Å². The van der Waals surface area contributed by atoms with Gasteiger partial charge in [0.2, 0.25) is 5.91 Å². The Hall–Kier alpha value is -1.88. The SMILES string of the molecule is CCCCCN(CCC(=O)O)CC(=O)Nc1ccccc1. The number of nitrogens with one attached hydrogen (secondary N) is 1. The number of carbonyl (C=O) groups is 2. The molecule has 5 nitrogen and oxygen atoms in total. The van der Waals surface area contributed by atoms with E-state index in [1.54, 1.807) is 0 Å². The molecule has 0 unspecified atom stereocenters. The van der Waals surface area contributed by atoms with Crippen molar-refractivity contribution >= 4 is 17.6 Å². The predicted octanol–water partition coefficient (Wildman–Crippen LogP) is 2.59. The first-order valence-electron chi connectivity index (χ1n) is 7.41. The van der Waals surface area contributed by atoms with Crippen molar-refractivity contribution in [3.8, 4) is 0 Å². The van der Waals surface area contributed by atoms with Gasteiger partial charge in [0.05, 0.1) is 13.0 Å². The summed E-state index contributed by atoms with van der Waals surface area (Å²) in [7, 11) is 0. The van der Waals surface area contributed by atoms with E-state index < -0.39 is 5.97 Å². The van der Waals surface area contributed by atoms with Crippen LogP contribution in [0.25, 0.3) is 0 Å². The second-order valence-electron chi connectivity index (χ2n) is 5.04. The van der Waals surface area contributed by atoms with Crippen LogP contribution in [0.15, 0.2) is 30.3 Å². The Balaban J connectivity index is 2.45. The lowest BCUT2D eigenvalue weighted by Crippen LogP contribution is -2.35. The van der Waals surface area contributed by atoms with Crippen molar-refractivity contribution in [2.45, 2.75) is 32.6 Å². The quantitative estimate of drug-likeness (QED) is 0.650. The highest BCUT2D eigenvalue weighted by Gasteiger charge is 2.12. The summed E-state index contributed by atoms with van der Waals surface area (Å²) in [5.41, 5.74) is 0.759. The molecule has 0 saturated heterocycles. The fourth-order valence-electron chi connectivity index (χ4n) is 2.03. The Bertz CT molecular complexity index is 434. The Morgan fingerprint density at radius 3 is 2.48 bits per heavy atom. The average molecular weight is 292 g/mol. The number of carbonyl (C=O) groups excluding carboxylic acids is 1. The third-order valence-corrected chi connectivity index (χ3v) is 3.14. The third kappa shape index (κ3) is 8.09. The third-order valence-electron chi connectivity index (χ3n) is 3.14. The van der Waals surface area contributed by atoms with E-state index in [9.17, 15) is 9.59 Å². The number of para-hydroxylation sites is 1. The molecule has 5 heteroatoms. The Morgan fingerprint density at radius 2 is 1.86 bits per heavy atom. The van der Waals surface area contributed by atoms with Gasteiger partial charge in [-0.3, -0.25) is 14.5 Å². The number of hydrogen-bond donors (Lipinski definition) is 2. The number of amides is 1. The number of unbranched alkanes of at least 4 members (excludes halogenated alkanes) is 2. The van der Waals surface area contributed by atoms with Crippen LogP contribution in [0.4, 0.5) is 5.69 Å². The van der Waals surface area contributed by atoms with Crippen molar-refractivity contribution in [3.63, 3.8) is 0 Å². The highest BCUT2D eigenvalue weighted by molar-refractivity contribution is 5.92. The lowest BCUT2D eigenvalue weighted by Gasteiger charge is -2.20. The molecule has 2 N–H and O–H groups in total. The summed E-state index contributed by atoms with van der Waals surface area (Å²) in [6.45, 7) is 3.50. The highest BCUT2D eigenvalue weighted by Crippen LogP contribution is 2.06. The molecule has 0 saturated carbocycles. The van der Waals surface area contributed by atoms with Gasteiger partial charge < -0.3 is 10.4 Å². The zero-order chi connectivity index (χ0) is 15.5. The fraction of sp³-hybridized carbons (Fsp3) is 0.500.